The van der Waals surface area contributed by atoms with E-state index in [2.05, 4.69) is 0 Å². The van der Waals surface area contributed by atoms with Crippen LogP contribution < -0.4 is 4.74 Å². The lowest BCUT2D eigenvalue weighted by atomic mass is 10.1. The fourth-order valence-electron chi connectivity index (χ4n) is 1.42. The average molecular weight is 230 g/mol. The molecule has 0 spiro atoms. The second-order valence-corrected chi connectivity index (χ2v) is 3.78. The summed E-state index contributed by atoms with van der Waals surface area (Å²) in [4.78, 5) is 11.4. The summed E-state index contributed by atoms with van der Waals surface area (Å²) in [5.74, 6) is -6.15. The van der Waals surface area contributed by atoms with Gasteiger partial charge in [0, 0.05) is 19.9 Å². The molecule has 86 valence electrons. The summed E-state index contributed by atoms with van der Waals surface area (Å²) in [6, 6.07) is 0.447. The molecule has 0 bridgehead atoms. The maximum Gasteiger partial charge on any atom is 0.349 e. The van der Waals surface area contributed by atoms with Gasteiger partial charge < -0.3 is 14.6 Å². The van der Waals surface area contributed by atoms with E-state index >= 15 is 0 Å². The highest BCUT2D eigenvalue weighted by Crippen LogP contribution is 2.39. The maximum atomic E-state index is 13.3. The van der Waals surface area contributed by atoms with Crippen molar-refractivity contribution in [2.24, 2.45) is 0 Å². The molecule has 0 saturated carbocycles. The Hall–Kier alpha value is -1.85. The predicted molar refractivity (Wildman–Crippen MR) is 48.1 cm³/mol. The molecule has 16 heavy (non-hydrogen) atoms. The van der Waals surface area contributed by atoms with Crippen LogP contribution in [0.1, 0.15) is 24.2 Å². The van der Waals surface area contributed by atoms with E-state index < -0.39 is 40.5 Å². The molecule has 1 aliphatic rings. The fourth-order valence-corrected chi connectivity index (χ4v) is 1.42. The minimum absolute atomic E-state index is 0.447. The third kappa shape index (κ3) is 1.46. The van der Waals surface area contributed by atoms with E-state index in [0.717, 1.165) is 0 Å². The van der Waals surface area contributed by atoms with Crippen LogP contribution in [0.4, 0.5) is 8.78 Å². The Morgan fingerprint density at radius 1 is 1.25 bits per heavy atom. The summed E-state index contributed by atoms with van der Waals surface area (Å²) in [6.07, 6.45) is 0. The van der Waals surface area contributed by atoms with Crippen LogP contribution in [-0.4, -0.2) is 16.9 Å². The summed E-state index contributed by atoms with van der Waals surface area (Å²) in [5, 5.41) is 9.29. The predicted octanol–water partition coefficient (Wildman–Crippen LogP) is 1.96. The summed E-state index contributed by atoms with van der Waals surface area (Å²) >= 11 is 0. The molecule has 1 N–H and O–H groups in total. The van der Waals surface area contributed by atoms with Crippen molar-refractivity contribution in [3.63, 3.8) is 0 Å². The van der Waals surface area contributed by atoms with E-state index in [0.29, 0.717) is 6.07 Å². The van der Waals surface area contributed by atoms with Crippen molar-refractivity contribution in [1.29, 1.82) is 0 Å². The molecule has 0 radical (unpaired) electrons. The molecule has 0 atom stereocenters. The van der Waals surface area contributed by atoms with E-state index in [1.807, 2.05) is 0 Å². The zero-order valence-corrected chi connectivity index (χ0v) is 8.51. The highest BCUT2D eigenvalue weighted by molar-refractivity contribution is 5.96. The molecule has 4 nitrogen and oxygen atoms in total. The first-order valence-corrected chi connectivity index (χ1v) is 4.45. The topological polar surface area (TPSA) is 55.8 Å². The summed E-state index contributed by atoms with van der Waals surface area (Å²) in [7, 11) is 0. The Balaban J connectivity index is 2.69. The molecule has 0 amide bonds. The van der Waals surface area contributed by atoms with Crippen LogP contribution in [0.5, 0.6) is 11.5 Å². The molecule has 0 unspecified atom stereocenters. The highest BCUT2D eigenvalue weighted by atomic mass is 19.1. The minimum atomic E-state index is -1.35. The quantitative estimate of drug-likeness (QED) is 0.692. The van der Waals surface area contributed by atoms with Crippen molar-refractivity contribution in [1.82, 2.24) is 0 Å². The van der Waals surface area contributed by atoms with E-state index in [-0.39, 0.29) is 0 Å². The first-order chi connectivity index (χ1) is 7.32. The molecule has 0 fully saturated rings. The molecule has 1 heterocycles. The summed E-state index contributed by atoms with van der Waals surface area (Å²) in [6.45, 7) is 2.79. The number of carbonyl (C=O) groups is 1. The number of phenols is 1. The summed E-state index contributed by atoms with van der Waals surface area (Å²) in [5.41, 5.74) is -0.628. The first kappa shape index (κ1) is 10.7. The van der Waals surface area contributed by atoms with E-state index in [1.165, 1.54) is 13.8 Å². The molecule has 1 aliphatic heterocycles. The van der Waals surface area contributed by atoms with Crippen LogP contribution >= 0.6 is 0 Å². The first-order valence-electron chi connectivity index (χ1n) is 4.45. The molecular formula is C10H8F2O4. The lowest BCUT2D eigenvalue weighted by molar-refractivity contribution is -0.129. The Bertz CT molecular complexity index is 482. The molecule has 0 aromatic heterocycles. The number of ether oxygens (including phenoxy) is 2. The number of cyclic esters (lactones) is 1. The molecule has 0 saturated heterocycles. The third-order valence-corrected chi connectivity index (χ3v) is 2.05. The van der Waals surface area contributed by atoms with Gasteiger partial charge in [0.15, 0.2) is 23.1 Å². The van der Waals surface area contributed by atoms with Crippen LogP contribution in [0.25, 0.3) is 0 Å². The van der Waals surface area contributed by atoms with Gasteiger partial charge in [0.2, 0.25) is 5.79 Å². The van der Waals surface area contributed by atoms with E-state index in [4.69, 9.17) is 9.47 Å². The lowest BCUT2D eigenvalue weighted by Crippen LogP contribution is -2.39. The second kappa shape index (κ2) is 3.07. The van der Waals surface area contributed by atoms with Crippen LogP contribution in [0.15, 0.2) is 6.07 Å². The number of benzene rings is 1. The van der Waals surface area contributed by atoms with E-state index in [1.54, 1.807) is 0 Å². The lowest BCUT2D eigenvalue weighted by Gasteiger charge is -2.31. The third-order valence-electron chi connectivity index (χ3n) is 2.05. The molecule has 2 rings (SSSR count). The number of hydrogen-bond donors (Lipinski definition) is 1. The molecule has 6 heteroatoms. The van der Waals surface area contributed by atoms with Crippen LogP contribution in [0, 0.1) is 11.6 Å². The van der Waals surface area contributed by atoms with Crippen molar-refractivity contribution in [3.05, 3.63) is 23.3 Å². The zero-order chi connectivity index (χ0) is 12.1. The SMILES string of the molecule is CC1(C)OC(=O)c2c(O)c(F)cc(F)c2O1. The molecule has 0 aliphatic carbocycles. The van der Waals surface area contributed by atoms with Gasteiger partial charge in [0.05, 0.1) is 0 Å². The molecule has 1 aromatic rings. The van der Waals surface area contributed by atoms with Crippen molar-refractivity contribution < 1.29 is 28.2 Å². The number of hydrogen-bond acceptors (Lipinski definition) is 4. The van der Waals surface area contributed by atoms with Gasteiger partial charge in [-0.2, -0.15) is 0 Å². The number of fused-ring (bicyclic) bond motifs is 1. The fraction of sp³-hybridized carbons (Fsp3) is 0.300. The standard InChI is InChI=1S/C10H8F2O4/c1-10(2)15-8-5(12)3-4(11)7(13)6(8)9(14)16-10/h3,13H,1-2H3. The number of aromatic hydroxyl groups is 1. The average Bonchev–Trinajstić information content (AvgIpc) is 2.12. The second-order valence-electron chi connectivity index (χ2n) is 3.78. The molecule has 1 aromatic carbocycles. The summed E-state index contributed by atoms with van der Waals surface area (Å²) < 4.78 is 36.1. The minimum Gasteiger partial charge on any atom is -0.504 e. The van der Waals surface area contributed by atoms with Gasteiger partial charge in [-0.15, -0.1) is 0 Å². The van der Waals surface area contributed by atoms with Gasteiger partial charge in [-0.1, -0.05) is 0 Å². The Labute approximate surface area is 89.4 Å². The van der Waals surface area contributed by atoms with Crippen LogP contribution in [-0.2, 0) is 4.74 Å². The largest absolute Gasteiger partial charge is 0.504 e. The Morgan fingerprint density at radius 2 is 1.88 bits per heavy atom. The zero-order valence-electron chi connectivity index (χ0n) is 8.51. The normalized spacial score (nSPS) is 17.4. The highest BCUT2D eigenvalue weighted by Gasteiger charge is 2.39. The van der Waals surface area contributed by atoms with Gasteiger partial charge in [-0.25, -0.2) is 13.6 Å². The maximum absolute atomic E-state index is 13.3. The van der Waals surface area contributed by atoms with Crippen molar-refractivity contribution >= 4 is 5.97 Å². The van der Waals surface area contributed by atoms with Crippen molar-refractivity contribution in [2.75, 3.05) is 0 Å². The number of halogens is 2. The van der Waals surface area contributed by atoms with Gasteiger partial charge in [0.1, 0.15) is 5.56 Å². The van der Waals surface area contributed by atoms with E-state index in [9.17, 15) is 18.7 Å². The van der Waals surface area contributed by atoms with Gasteiger partial charge in [0.25, 0.3) is 0 Å². The number of esters is 1. The Kier molecular flexibility index (Phi) is 2.04. The number of carbonyl (C=O) groups excluding carboxylic acids is 1. The Morgan fingerprint density at radius 3 is 2.50 bits per heavy atom. The van der Waals surface area contributed by atoms with Gasteiger partial charge in [-0.05, 0) is 0 Å². The van der Waals surface area contributed by atoms with Crippen LogP contribution in [0.2, 0.25) is 0 Å². The van der Waals surface area contributed by atoms with Gasteiger partial charge >= 0.3 is 5.97 Å². The van der Waals surface area contributed by atoms with Crippen molar-refractivity contribution in [3.8, 4) is 11.5 Å². The van der Waals surface area contributed by atoms with Gasteiger partial charge in [-0.3, -0.25) is 0 Å². The van der Waals surface area contributed by atoms with Crippen molar-refractivity contribution in [2.45, 2.75) is 19.6 Å². The van der Waals surface area contributed by atoms with Crippen LogP contribution in [0.3, 0.4) is 0 Å². The number of rotatable bonds is 0. The number of phenolic OH excluding ortho intramolecular Hbond substituents is 1. The smallest absolute Gasteiger partial charge is 0.349 e. The molecular weight excluding hydrogens is 222 g/mol. The monoisotopic (exact) mass is 230 g/mol.